The highest BCUT2D eigenvalue weighted by Crippen LogP contribution is 2.40. The van der Waals surface area contributed by atoms with Crippen molar-refractivity contribution >= 4 is 11.6 Å². The van der Waals surface area contributed by atoms with E-state index in [9.17, 15) is 18.0 Å². The molecule has 1 amide bonds. The van der Waals surface area contributed by atoms with E-state index in [-0.39, 0.29) is 29.5 Å². The van der Waals surface area contributed by atoms with E-state index in [2.05, 4.69) is 4.74 Å². The third-order valence-electron chi connectivity index (χ3n) is 4.11. The molecule has 1 aliphatic carbocycles. The van der Waals surface area contributed by atoms with Gasteiger partial charge in [0.05, 0.1) is 0 Å². The van der Waals surface area contributed by atoms with Gasteiger partial charge < -0.3 is 15.4 Å². The minimum Gasteiger partial charge on any atom is -0.406 e. The molecule has 0 spiro atoms. The number of alkyl halides is 3. The lowest BCUT2D eigenvalue weighted by Gasteiger charge is -2.19. The molecule has 21 heavy (non-hydrogen) atoms. The molecule has 2 aliphatic rings. The molecule has 0 radical (unpaired) electrons. The van der Waals surface area contributed by atoms with Crippen molar-refractivity contribution in [1.29, 1.82) is 0 Å². The number of carbonyl (C=O) groups excluding carboxylic acids is 1. The lowest BCUT2D eigenvalue weighted by molar-refractivity contribution is -0.274. The predicted octanol–water partition coefficient (Wildman–Crippen LogP) is 2.29. The van der Waals surface area contributed by atoms with E-state index in [4.69, 9.17) is 5.73 Å². The van der Waals surface area contributed by atoms with Crippen molar-refractivity contribution in [2.45, 2.75) is 25.2 Å². The molecule has 3 atom stereocenters. The Kier molecular flexibility index (Phi) is 3.32. The molecule has 1 aromatic carbocycles. The van der Waals surface area contributed by atoms with Gasteiger partial charge in [-0.25, -0.2) is 0 Å². The molecule has 1 unspecified atom stereocenters. The van der Waals surface area contributed by atoms with Crippen molar-refractivity contribution in [3.63, 3.8) is 0 Å². The van der Waals surface area contributed by atoms with Crippen molar-refractivity contribution in [1.82, 2.24) is 0 Å². The Morgan fingerprint density at radius 1 is 1.19 bits per heavy atom. The van der Waals surface area contributed by atoms with Crippen LogP contribution in [-0.4, -0.2) is 24.9 Å². The number of anilines is 1. The molecule has 1 saturated heterocycles. The number of nitrogens with zero attached hydrogens (tertiary/aromatic N) is 1. The van der Waals surface area contributed by atoms with Gasteiger partial charge in [0.2, 0.25) is 5.91 Å². The molecule has 2 N–H and O–H groups in total. The average Bonchev–Trinajstić information content (AvgIpc) is 2.87. The molecule has 7 heteroatoms. The Labute approximate surface area is 119 Å². The molecule has 4 nitrogen and oxygen atoms in total. The smallest absolute Gasteiger partial charge is 0.406 e. The Bertz CT molecular complexity index is 544. The number of ether oxygens (including phenoxy) is 1. The number of nitrogens with two attached hydrogens (primary N) is 1. The zero-order valence-electron chi connectivity index (χ0n) is 11.1. The second-order valence-corrected chi connectivity index (χ2v) is 5.59. The molecule has 1 heterocycles. The fourth-order valence-corrected chi connectivity index (χ4v) is 3.26. The standard InChI is InChI=1S/C14H15F3N2O2/c15-14(16,17)21-11-3-1-10(2-4-11)19-7-8-5-9(18)6-12(8)13(19)20/h1-4,8-9,12H,5-7,18H2/t8-,9?,12-/m0/s1. The Balaban J connectivity index is 1.72. The molecule has 114 valence electrons. The topological polar surface area (TPSA) is 55.6 Å². The van der Waals surface area contributed by atoms with Crippen LogP contribution in [0.3, 0.4) is 0 Å². The zero-order chi connectivity index (χ0) is 15.2. The third kappa shape index (κ3) is 2.83. The van der Waals surface area contributed by atoms with Crippen molar-refractivity contribution in [3.05, 3.63) is 24.3 Å². The molecule has 1 aliphatic heterocycles. The molecular weight excluding hydrogens is 285 g/mol. The number of amides is 1. The van der Waals surface area contributed by atoms with Crippen LogP contribution in [0.1, 0.15) is 12.8 Å². The van der Waals surface area contributed by atoms with Gasteiger partial charge in [0, 0.05) is 24.2 Å². The van der Waals surface area contributed by atoms with Crippen LogP contribution in [0.4, 0.5) is 18.9 Å². The summed E-state index contributed by atoms with van der Waals surface area (Å²) in [5.41, 5.74) is 6.45. The van der Waals surface area contributed by atoms with Crippen LogP contribution in [0.15, 0.2) is 24.3 Å². The first kappa shape index (κ1) is 14.2. The van der Waals surface area contributed by atoms with Crippen molar-refractivity contribution in [3.8, 4) is 5.75 Å². The molecule has 3 rings (SSSR count). The molecule has 1 aromatic rings. The van der Waals surface area contributed by atoms with Gasteiger partial charge in [0.25, 0.3) is 0 Å². The minimum absolute atomic E-state index is 0.0115. The quantitative estimate of drug-likeness (QED) is 0.911. The van der Waals surface area contributed by atoms with Crippen LogP contribution >= 0.6 is 0 Å². The maximum absolute atomic E-state index is 12.3. The van der Waals surface area contributed by atoms with E-state index >= 15 is 0 Å². The number of hydrogen-bond donors (Lipinski definition) is 1. The van der Waals surface area contributed by atoms with Gasteiger partial charge in [0.15, 0.2) is 0 Å². The summed E-state index contributed by atoms with van der Waals surface area (Å²) in [5.74, 6) is -0.0812. The van der Waals surface area contributed by atoms with Gasteiger partial charge in [-0.05, 0) is 43.0 Å². The second-order valence-electron chi connectivity index (χ2n) is 5.59. The number of carbonyl (C=O) groups is 1. The van der Waals surface area contributed by atoms with Gasteiger partial charge in [0.1, 0.15) is 5.75 Å². The first-order valence-electron chi connectivity index (χ1n) is 6.76. The highest BCUT2D eigenvalue weighted by atomic mass is 19.4. The summed E-state index contributed by atoms with van der Waals surface area (Å²) in [6.45, 7) is 0.580. The number of hydrogen-bond acceptors (Lipinski definition) is 3. The highest BCUT2D eigenvalue weighted by molar-refractivity contribution is 5.97. The van der Waals surface area contributed by atoms with Gasteiger partial charge in [-0.2, -0.15) is 0 Å². The summed E-state index contributed by atoms with van der Waals surface area (Å²) in [5, 5.41) is 0. The summed E-state index contributed by atoms with van der Waals surface area (Å²) in [7, 11) is 0. The van der Waals surface area contributed by atoms with E-state index < -0.39 is 6.36 Å². The molecule has 0 bridgehead atoms. The van der Waals surface area contributed by atoms with Crippen molar-refractivity contribution in [2.24, 2.45) is 17.6 Å². The van der Waals surface area contributed by atoms with E-state index in [0.29, 0.717) is 18.7 Å². The lowest BCUT2D eigenvalue weighted by atomic mass is 10.0. The number of halogens is 3. The van der Waals surface area contributed by atoms with Crippen LogP contribution in [0.5, 0.6) is 5.75 Å². The van der Waals surface area contributed by atoms with Crippen molar-refractivity contribution < 1.29 is 22.7 Å². The molecular formula is C14H15F3N2O2. The summed E-state index contributed by atoms with van der Waals surface area (Å²) >= 11 is 0. The summed E-state index contributed by atoms with van der Waals surface area (Å²) in [6.07, 6.45) is -3.20. The molecule has 1 saturated carbocycles. The third-order valence-corrected chi connectivity index (χ3v) is 4.11. The average molecular weight is 300 g/mol. The first-order valence-corrected chi connectivity index (χ1v) is 6.76. The van der Waals surface area contributed by atoms with E-state index in [1.807, 2.05) is 0 Å². The monoisotopic (exact) mass is 300 g/mol. The number of fused-ring (bicyclic) bond motifs is 1. The number of rotatable bonds is 2. The Hall–Kier alpha value is -1.76. The summed E-state index contributed by atoms with van der Waals surface area (Å²) < 4.78 is 40.1. The Morgan fingerprint density at radius 3 is 2.43 bits per heavy atom. The minimum atomic E-state index is -4.71. The van der Waals surface area contributed by atoms with Gasteiger partial charge in [-0.3, -0.25) is 4.79 Å². The molecule has 0 aromatic heterocycles. The van der Waals surface area contributed by atoms with Crippen LogP contribution < -0.4 is 15.4 Å². The maximum atomic E-state index is 12.3. The highest BCUT2D eigenvalue weighted by Gasteiger charge is 2.46. The van der Waals surface area contributed by atoms with Crippen LogP contribution in [0.25, 0.3) is 0 Å². The molecule has 2 fully saturated rings. The fraction of sp³-hybridized carbons (Fsp3) is 0.500. The van der Waals surface area contributed by atoms with Crippen LogP contribution in [-0.2, 0) is 4.79 Å². The van der Waals surface area contributed by atoms with Crippen LogP contribution in [0.2, 0.25) is 0 Å². The van der Waals surface area contributed by atoms with Gasteiger partial charge >= 0.3 is 6.36 Å². The number of benzene rings is 1. The predicted molar refractivity (Wildman–Crippen MR) is 69.7 cm³/mol. The van der Waals surface area contributed by atoms with Gasteiger partial charge in [-0.1, -0.05) is 0 Å². The summed E-state index contributed by atoms with van der Waals surface area (Å²) in [4.78, 5) is 13.9. The van der Waals surface area contributed by atoms with E-state index in [1.165, 1.54) is 24.3 Å². The van der Waals surface area contributed by atoms with E-state index in [1.54, 1.807) is 4.90 Å². The lowest BCUT2D eigenvalue weighted by Crippen LogP contribution is -2.29. The Morgan fingerprint density at radius 2 is 1.86 bits per heavy atom. The largest absolute Gasteiger partial charge is 0.573 e. The fourth-order valence-electron chi connectivity index (χ4n) is 3.26. The SMILES string of the molecule is NC1C[C@H]2CN(c3ccc(OC(F)(F)F)cc3)C(=O)[C@H]2C1. The normalized spacial score (nSPS) is 28.9. The van der Waals surface area contributed by atoms with Gasteiger partial charge in [-0.15, -0.1) is 13.2 Å². The first-order chi connectivity index (χ1) is 9.83. The van der Waals surface area contributed by atoms with Crippen LogP contribution in [0, 0.1) is 11.8 Å². The maximum Gasteiger partial charge on any atom is 0.573 e. The van der Waals surface area contributed by atoms with Crippen molar-refractivity contribution in [2.75, 3.05) is 11.4 Å². The second kappa shape index (κ2) is 4.91. The zero-order valence-corrected chi connectivity index (χ0v) is 11.1. The summed E-state index contributed by atoms with van der Waals surface area (Å²) in [6, 6.07) is 5.46. The van der Waals surface area contributed by atoms with E-state index in [0.717, 1.165) is 6.42 Å².